The Morgan fingerprint density at radius 1 is 1.35 bits per heavy atom. The van der Waals surface area contributed by atoms with Crippen molar-refractivity contribution in [2.75, 3.05) is 20.6 Å². The van der Waals surface area contributed by atoms with E-state index in [1.54, 1.807) is 19.0 Å². The maximum atomic E-state index is 12.4. The lowest BCUT2D eigenvalue weighted by molar-refractivity contribution is -0.134. The molecule has 128 valence electrons. The number of hydrogen-bond acceptors (Lipinski definition) is 3. The first-order chi connectivity index (χ1) is 10.8. The lowest BCUT2D eigenvalue weighted by Crippen LogP contribution is -2.41. The SMILES string of the molecule is CC(C)CCC(=O)N1CCn2cc(CC(=O)N(C)C)nc2C1C. The van der Waals surface area contributed by atoms with Crippen molar-refractivity contribution in [1.82, 2.24) is 19.4 Å². The van der Waals surface area contributed by atoms with Gasteiger partial charge in [-0.15, -0.1) is 0 Å². The zero-order valence-electron chi connectivity index (χ0n) is 14.9. The standard InChI is InChI=1S/C17H28N4O2/c1-12(2)6-7-15(22)21-9-8-20-11-14(10-16(23)19(4)5)18-17(20)13(21)3/h11-13H,6-10H2,1-5H3. The highest BCUT2D eigenvalue weighted by atomic mass is 16.2. The van der Waals surface area contributed by atoms with E-state index in [0.717, 1.165) is 24.5 Å². The molecule has 1 aliphatic heterocycles. The molecule has 1 aromatic rings. The van der Waals surface area contributed by atoms with Crippen molar-refractivity contribution in [1.29, 1.82) is 0 Å². The van der Waals surface area contributed by atoms with Gasteiger partial charge >= 0.3 is 0 Å². The molecule has 6 heteroatoms. The molecule has 0 fully saturated rings. The first-order valence-corrected chi connectivity index (χ1v) is 8.35. The maximum Gasteiger partial charge on any atom is 0.228 e. The molecule has 0 aliphatic carbocycles. The van der Waals surface area contributed by atoms with Gasteiger partial charge in [0.05, 0.1) is 18.2 Å². The van der Waals surface area contributed by atoms with Crippen LogP contribution in [0, 0.1) is 5.92 Å². The maximum absolute atomic E-state index is 12.4. The first kappa shape index (κ1) is 17.5. The fourth-order valence-electron chi connectivity index (χ4n) is 2.84. The van der Waals surface area contributed by atoms with Crippen LogP contribution in [-0.4, -0.2) is 51.8 Å². The van der Waals surface area contributed by atoms with E-state index in [2.05, 4.69) is 23.4 Å². The quantitative estimate of drug-likeness (QED) is 0.832. The van der Waals surface area contributed by atoms with E-state index in [9.17, 15) is 9.59 Å². The fourth-order valence-corrected chi connectivity index (χ4v) is 2.84. The number of imidazole rings is 1. The number of amides is 2. The van der Waals surface area contributed by atoms with Gasteiger partial charge in [-0.05, 0) is 19.3 Å². The van der Waals surface area contributed by atoms with Gasteiger partial charge in [-0.3, -0.25) is 9.59 Å². The van der Waals surface area contributed by atoms with Crippen LogP contribution in [0.2, 0.25) is 0 Å². The normalized spacial score (nSPS) is 17.3. The Kier molecular flexibility index (Phi) is 5.44. The van der Waals surface area contributed by atoms with Crippen LogP contribution in [0.25, 0.3) is 0 Å². The molecular formula is C17H28N4O2. The lowest BCUT2D eigenvalue weighted by atomic mass is 10.1. The van der Waals surface area contributed by atoms with Gasteiger partial charge < -0.3 is 14.4 Å². The summed E-state index contributed by atoms with van der Waals surface area (Å²) in [6, 6.07) is -0.0355. The van der Waals surface area contributed by atoms with E-state index in [-0.39, 0.29) is 17.9 Å². The largest absolute Gasteiger partial charge is 0.348 e. The molecule has 1 aliphatic rings. The molecule has 0 bridgehead atoms. The average molecular weight is 320 g/mol. The minimum Gasteiger partial charge on any atom is -0.348 e. The van der Waals surface area contributed by atoms with Gasteiger partial charge in [0, 0.05) is 39.8 Å². The Balaban J connectivity index is 2.07. The van der Waals surface area contributed by atoms with Gasteiger partial charge in [-0.1, -0.05) is 13.8 Å². The Morgan fingerprint density at radius 3 is 2.65 bits per heavy atom. The average Bonchev–Trinajstić information content (AvgIpc) is 2.88. The zero-order valence-corrected chi connectivity index (χ0v) is 14.9. The third kappa shape index (κ3) is 4.12. The number of aromatic nitrogens is 2. The van der Waals surface area contributed by atoms with Crippen molar-refractivity contribution in [2.45, 2.75) is 52.6 Å². The van der Waals surface area contributed by atoms with Crippen molar-refractivity contribution in [3.63, 3.8) is 0 Å². The predicted molar refractivity (Wildman–Crippen MR) is 88.8 cm³/mol. The van der Waals surface area contributed by atoms with E-state index in [1.165, 1.54) is 0 Å². The van der Waals surface area contributed by atoms with Crippen molar-refractivity contribution < 1.29 is 9.59 Å². The van der Waals surface area contributed by atoms with Crippen LogP contribution >= 0.6 is 0 Å². The van der Waals surface area contributed by atoms with E-state index in [1.807, 2.05) is 18.0 Å². The molecule has 0 aromatic carbocycles. The molecule has 2 heterocycles. The summed E-state index contributed by atoms with van der Waals surface area (Å²) < 4.78 is 2.08. The summed E-state index contributed by atoms with van der Waals surface area (Å²) in [6.07, 6.45) is 3.76. The number of hydrogen-bond donors (Lipinski definition) is 0. The Hall–Kier alpha value is -1.85. The van der Waals surface area contributed by atoms with Crippen LogP contribution in [0.5, 0.6) is 0 Å². The second-order valence-corrected chi connectivity index (χ2v) is 6.94. The molecule has 0 saturated heterocycles. The van der Waals surface area contributed by atoms with Crippen LogP contribution in [-0.2, 0) is 22.6 Å². The molecule has 1 atom stereocenters. The van der Waals surface area contributed by atoms with E-state index >= 15 is 0 Å². The van der Waals surface area contributed by atoms with Gasteiger partial charge in [0.2, 0.25) is 11.8 Å². The third-order valence-corrected chi connectivity index (χ3v) is 4.37. The minimum absolute atomic E-state index is 0.0355. The number of carbonyl (C=O) groups is 2. The summed E-state index contributed by atoms with van der Waals surface area (Å²) in [5, 5.41) is 0. The highest BCUT2D eigenvalue weighted by Gasteiger charge is 2.29. The topological polar surface area (TPSA) is 58.4 Å². The number of nitrogens with zero attached hydrogens (tertiary/aromatic N) is 4. The predicted octanol–water partition coefficient (Wildman–Crippen LogP) is 1.85. The summed E-state index contributed by atoms with van der Waals surface area (Å²) in [6.45, 7) is 7.74. The zero-order chi connectivity index (χ0) is 17.1. The number of rotatable bonds is 5. The first-order valence-electron chi connectivity index (χ1n) is 8.35. The van der Waals surface area contributed by atoms with E-state index in [4.69, 9.17) is 0 Å². The van der Waals surface area contributed by atoms with Crippen molar-refractivity contribution in [2.24, 2.45) is 5.92 Å². The van der Waals surface area contributed by atoms with Gasteiger partial charge in [0.1, 0.15) is 5.82 Å². The summed E-state index contributed by atoms with van der Waals surface area (Å²) in [4.78, 5) is 32.4. The number of fused-ring (bicyclic) bond motifs is 1. The third-order valence-electron chi connectivity index (χ3n) is 4.37. The molecule has 2 rings (SSSR count). The highest BCUT2D eigenvalue weighted by Crippen LogP contribution is 2.26. The minimum atomic E-state index is -0.0355. The Labute approximate surface area is 138 Å². The monoisotopic (exact) mass is 320 g/mol. The molecule has 23 heavy (non-hydrogen) atoms. The van der Waals surface area contributed by atoms with Crippen molar-refractivity contribution >= 4 is 11.8 Å². The highest BCUT2D eigenvalue weighted by molar-refractivity contribution is 5.78. The number of carbonyl (C=O) groups excluding carboxylic acids is 2. The fraction of sp³-hybridized carbons (Fsp3) is 0.706. The van der Waals surface area contributed by atoms with Crippen LogP contribution in [0.3, 0.4) is 0 Å². The van der Waals surface area contributed by atoms with Gasteiger partial charge in [0.15, 0.2) is 0 Å². The van der Waals surface area contributed by atoms with Crippen molar-refractivity contribution in [3.05, 3.63) is 17.7 Å². The molecule has 0 saturated carbocycles. The molecule has 1 unspecified atom stereocenters. The second-order valence-electron chi connectivity index (χ2n) is 6.94. The second kappa shape index (κ2) is 7.15. The molecule has 6 nitrogen and oxygen atoms in total. The van der Waals surface area contributed by atoms with Crippen LogP contribution < -0.4 is 0 Å². The Morgan fingerprint density at radius 2 is 2.04 bits per heavy atom. The number of likely N-dealkylation sites (N-methyl/N-ethyl adjacent to an activating group) is 1. The van der Waals surface area contributed by atoms with Crippen LogP contribution in [0.4, 0.5) is 0 Å². The lowest BCUT2D eigenvalue weighted by Gasteiger charge is -2.34. The molecule has 0 spiro atoms. The molecule has 1 aromatic heterocycles. The summed E-state index contributed by atoms with van der Waals surface area (Å²) in [5.41, 5.74) is 0.780. The summed E-state index contributed by atoms with van der Waals surface area (Å²) in [7, 11) is 3.49. The molecular weight excluding hydrogens is 292 g/mol. The summed E-state index contributed by atoms with van der Waals surface area (Å²) >= 11 is 0. The summed E-state index contributed by atoms with van der Waals surface area (Å²) in [5.74, 6) is 1.66. The Bertz CT molecular complexity index is 577. The van der Waals surface area contributed by atoms with E-state index in [0.29, 0.717) is 25.3 Å². The molecule has 0 radical (unpaired) electrons. The van der Waals surface area contributed by atoms with Crippen LogP contribution in [0.15, 0.2) is 6.20 Å². The van der Waals surface area contributed by atoms with Gasteiger partial charge in [0.25, 0.3) is 0 Å². The van der Waals surface area contributed by atoms with E-state index < -0.39 is 0 Å². The molecule has 0 N–H and O–H groups in total. The molecule has 2 amide bonds. The smallest absolute Gasteiger partial charge is 0.228 e. The van der Waals surface area contributed by atoms with Gasteiger partial charge in [-0.25, -0.2) is 4.98 Å². The van der Waals surface area contributed by atoms with Crippen molar-refractivity contribution in [3.8, 4) is 0 Å². The van der Waals surface area contributed by atoms with Gasteiger partial charge in [-0.2, -0.15) is 0 Å². The van der Waals surface area contributed by atoms with Crippen LogP contribution in [0.1, 0.15) is 51.2 Å².